The van der Waals surface area contributed by atoms with E-state index in [1.165, 1.54) is 43.9 Å². The summed E-state index contributed by atoms with van der Waals surface area (Å²) in [6.07, 6.45) is -4.80. The molecule has 0 aliphatic carbocycles. The van der Waals surface area contributed by atoms with Crippen molar-refractivity contribution in [3.8, 4) is 0 Å². The van der Waals surface area contributed by atoms with Gasteiger partial charge in [0.2, 0.25) is 17.7 Å². The van der Waals surface area contributed by atoms with Gasteiger partial charge in [0.1, 0.15) is 35.5 Å². The number of carbonyl (C=O) groups excluding carboxylic acids is 7. The fourth-order valence-electron chi connectivity index (χ4n) is 12.2. The van der Waals surface area contributed by atoms with Crippen molar-refractivity contribution in [1.29, 1.82) is 0 Å². The minimum atomic E-state index is -3.76. The summed E-state index contributed by atoms with van der Waals surface area (Å²) in [6, 6.07) is 1.51. The van der Waals surface area contributed by atoms with Gasteiger partial charge in [0.05, 0.1) is 37.4 Å². The number of Topliss-reactive ketones (excluding diaryl/α,β-unsaturated/α-hetero) is 3. The van der Waals surface area contributed by atoms with Gasteiger partial charge in [-0.05, 0) is 78.8 Å². The van der Waals surface area contributed by atoms with Crippen molar-refractivity contribution in [2.75, 3.05) is 85.1 Å². The second-order valence-electron chi connectivity index (χ2n) is 27.8. The van der Waals surface area contributed by atoms with E-state index in [1.54, 1.807) is 0 Å². The van der Waals surface area contributed by atoms with Crippen LogP contribution in [0.2, 0.25) is 10.1 Å². The first kappa shape index (κ1) is 89.4. The van der Waals surface area contributed by atoms with Crippen molar-refractivity contribution >= 4 is 108 Å². The van der Waals surface area contributed by atoms with Crippen LogP contribution >= 0.6 is 0 Å². The molecule has 1 aliphatic rings. The molecule has 0 aromatic heterocycles. The molecule has 102 heavy (non-hydrogen) atoms. The Hall–Kier alpha value is -8.67. The lowest BCUT2D eigenvalue weighted by Gasteiger charge is -2.44. The van der Waals surface area contributed by atoms with Gasteiger partial charge < -0.3 is 71.3 Å². The minimum absolute atomic E-state index is 0.0163. The molecule has 0 unspecified atom stereocenters. The molecule has 0 bridgehead atoms. The molecule has 4 amide bonds. The monoisotopic (exact) mass is 1470 g/mol. The third kappa shape index (κ3) is 33.4. The number of benzene rings is 1. The van der Waals surface area contributed by atoms with Gasteiger partial charge >= 0.3 is 53.7 Å². The molecule has 13 N–H and O–H groups in total. The summed E-state index contributed by atoms with van der Waals surface area (Å²) in [5, 5.41) is 96.1. The van der Waals surface area contributed by atoms with Crippen molar-refractivity contribution in [2.24, 2.45) is 17.8 Å². The van der Waals surface area contributed by atoms with Gasteiger partial charge in [0, 0.05) is 129 Å². The molecule has 1 heterocycles. The number of nitrogens with zero attached hydrogens (tertiary/aromatic N) is 4. The SMILES string of the molecule is CC(C)(C)[Si](F)(c1ccc(C(=O)NC[C@@H](CC(=O)CC[C@@H](C(=O)O)N2CCN(CC(=O)O)CCN(CC(=O)O)CCN(CC(=O)O)CC2)C(=O)N[C@@H](CCCCNC(=O)CCC(=O)CCCC[C@H](NC(=O)CC[C@H](CC(=O)C[C@@H](CCC(=O)O)C(=O)O)C(=O)O)C(=O)O)C(=O)O)cc1)C(C)(C)C. The number of ketones is 3. The number of carboxylic acid groups (broad SMARTS) is 9. The van der Waals surface area contributed by atoms with Gasteiger partial charge in [-0.1, -0.05) is 60.1 Å². The maximum atomic E-state index is 17.2. The zero-order valence-electron chi connectivity index (χ0n) is 58.9. The van der Waals surface area contributed by atoms with E-state index in [2.05, 4.69) is 21.3 Å². The second kappa shape index (κ2) is 44.0. The van der Waals surface area contributed by atoms with Gasteiger partial charge in [-0.25, -0.2) is 9.59 Å². The number of amides is 4. The van der Waals surface area contributed by atoms with Gasteiger partial charge in [0.15, 0.2) is 0 Å². The Balaban J connectivity index is 2.15. The van der Waals surface area contributed by atoms with E-state index in [1.807, 2.05) is 41.5 Å². The van der Waals surface area contributed by atoms with Gasteiger partial charge in [-0.15, -0.1) is 0 Å². The molecule has 2 rings (SSSR count). The molecule has 1 fully saturated rings. The molecule has 35 heteroatoms. The molecule has 1 aliphatic heterocycles. The van der Waals surface area contributed by atoms with E-state index < -0.39 is 214 Å². The van der Waals surface area contributed by atoms with Crippen molar-refractivity contribution in [2.45, 2.75) is 185 Å². The fourth-order valence-corrected chi connectivity index (χ4v) is 16.8. The molecule has 6 atom stereocenters. The topological polar surface area (TPSA) is 516 Å². The third-order valence-electron chi connectivity index (χ3n) is 17.7. The quantitative estimate of drug-likeness (QED) is 0.0253. The van der Waals surface area contributed by atoms with Crippen molar-refractivity contribution in [3.63, 3.8) is 0 Å². The van der Waals surface area contributed by atoms with Crippen LogP contribution < -0.4 is 26.5 Å². The van der Waals surface area contributed by atoms with Crippen LogP contribution in [0.4, 0.5) is 4.11 Å². The number of carboxylic acids is 9. The van der Waals surface area contributed by atoms with E-state index in [9.17, 15) is 118 Å². The van der Waals surface area contributed by atoms with Gasteiger partial charge in [0.25, 0.3) is 14.3 Å². The maximum absolute atomic E-state index is 17.2. The smallest absolute Gasteiger partial charge is 0.326 e. The number of hydrogen-bond acceptors (Lipinski definition) is 20. The summed E-state index contributed by atoms with van der Waals surface area (Å²) in [5.74, 6) is -21.2. The van der Waals surface area contributed by atoms with E-state index in [-0.39, 0.29) is 141 Å². The van der Waals surface area contributed by atoms with E-state index in [0.717, 1.165) is 0 Å². The largest absolute Gasteiger partial charge is 0.481 e. The van der Waals surface area contributed by atoms with Crippen LogP contribution in [0.1, 0.15) is 167 Å². The lowest BCUT2D eigenvalue weighted by Crippen LogP contribution is -2.57. The summed E-state index contributed by atoms with van der Waals surface area (Å²) in [7, 11) is -3.76. The van der Waals surface area contributed by atoms with Crippen LogP contribution in [0.5, 0.6) is 0 Å². The van der Waals surface area contributed by atoms with Crippen LogP contribution in [0, 0.1) is 17.8 Å². The Labute approximate surface area is 591 Å². The van der Waals surface area contributed by atoms with Crippen LogP contribution in [-0.4, -0.2) is 272 Å². The number of rotatable bonds is 47. The molecular weight excluding hydrogens is 1360 g/mol. The molecule has 0 saturated carbocycles. The first-order valence-electron chi connectivity index (χ1n) is 34.0. The predicted molar refractivity (Wildman–Crippen MR) is 364 cm³/mol. The predicted octanol–water partition coefficient (Wildman–Crippen LogP) is 2.15. The summed E-state index contributed by atoms with van der Waals surface area (Å²) in [4.78, 5) is 206. The number of carbonyl (C=O) groups is 16. The molecule has 1 aromatic carbocycles. The highest BCUT2D eigenvalue weighted by molar-refractivity contribution is 6.90. The molecule has 1 aromatic rings. The molecule has 33 nitrogen and oxygen atoms in total. The zero-order chi connectivity index (χ0) is 77.2. The van der Waals surface area contributed by atoms with E-state index >= 15 is 4.11 Å². The molecule has 572 valence electrons. The first-order chi connectivity index (χ1) is 47.5. The number of hydrogen-bond donors (Lipinski definition) is 13. The average molecular weight is 1470 g/mol. The van der Waals surface area contributed by atoms with Gasteiger partial charge in [-0.3, -0.25) is 86.7 Å². The van der Waals surface area contributed by atoms with Crippen LogP contribution in [0.25, 0.3) is 0 Å². The minimum Gasteiger partial charge on any atom is -0.481 e. The van der Waals surface area contributed by atoms with Crippen LogP contribution in [-0.2, 0) is 71.9 Å². The number of halogens is 1. The Morgan fingerprint density at radius 2 is 0.882 bits per heavy atom. The Morgan fingerprint density at radius 3 is 1.32 bits per heavy atom. The lowest BCUT2D eigenvalue weighted by atomic mass is 9.90. The van der Waals surface area contributed by atoms with Crippen LogP contribution in [0.3, 0.4) is 0 Å². The molecule has 0 radical (unpaired) electrons. The summed E-state index contributed by atoms with van der Waals surface area (Å²) in [5.41, 5.74) is 0.0713. The number of aliphatic carboxylic acids is 9. The highest BCUT2D eigenvalue weighted by atomic mass is 28.4. The summed E-state index contributed by atoms with van der Waals surface area (Å²) < 4.78 is 17.2. The second-order valence-corrected chi connectivity index (χ2v) is 32.7. The fraction of sp³-hybridized carbons (Fsp3) is 0.672. The summed E-state index contributed by atoms with van der Waals surface area (Å²) >= 11 is 0. The highest BCUT2D eigenvalue weighted by Crippen LogP contribution is 2.51. The number of unbranched alkanes of at least 4 members (excludes halogenated alkanes) is 2. The van der Waals surface area contributed by atoms with E-state index in [4.69, 9.17) is 5.11 Å². The zero-order valence-corrected chi connectivity index (χ0v) is 59.9. The van der Waals surface area contributed by atoms with Crippen molar-refractivity contribution < 1.29 is 127 Å². The summed E-state index contributed by atoms with van der Waals surface area (Å²) in [6.45, 7) is 8.94. The number of nitrogens with one attached hydrogen (secondary N) is 4. The van der Waals surface area contributed by atoms with Crippen LogP contribution in [0.15, 0.2) is 24.3 Å². The Morgan fingerprint density at radius 1 is 0.431 bits per heavy atom. The standard InChI is InChI=1S/C67H103FN8O25Si/c1-66(2,3)102(68,67(4,5)6)49-20-14-42(15-21-49)59(90)70-38-45(37-47(78)18-22-52(65(100)101)76-33-31-74(40-57(86)87)29-27-73(39-56(84)85)28-30-75(32-34-76)41-58(88)89)60(91)72-51(64(98)99)13-9-10-26-69-53(80)24-19-46(77)11-7-8-12-50(63(96)97)71-54(81)23-16-43(61(92)93)35-48(79)36-44(62(94)95)17-25-55(82)83/h14-15,20-21,43-45,50-52H,7-13,16-19,22-41H2,1-6H3,(H,69,80)(H,70,90)(H,71,81)(H,72,91)(H,82,83)(H,84,85)(H,86,87)(H,88,89)(H,92,93)(H,94,95)(H,96,97)(H,98,99)(H,100,101)/t43-,44-,45-,50+,51+,52+/m1/s1. The van der Waals surface area contributed by atoms with Crippen molar-refractivity contribution in [3.05, 3.63) is 29.8 Å². The third-order valence-corrected chi connectivity index (χ3v) is 23.0. The lowest BCUT2D eigenvalue weighted by molar-refractivity contribution is -0.147. The normalized spacial score (nSPS) is 15.8. The molecule has 0 spiro atoms. The van der Waals surface area contributed by atoms with E-state index in [0.29, 0.717) is 5.19 Å². The maximum Gasteiger partial charge on any atom is 0.326 e. The highest BCUT2D eigenvalue weighted by Gasteiger charge is 2.56. The molecule has 1 saturated heterocycles. The molecular formula is C67H103FN8O25Si. The van der Waals surface area contributed by atoms with Crippen molar-refractivity contribution in [1.82, 2.24) is 40.9 Å². The van der Waals surface area contributed by atoms with Gasteiger partial charge in [-0.2, -0.15) is 0 Å². The Kier molecular flexibility index (Phi) is 38.5. The Bertz CT molecular complexity index is 3040. The average Bonchev–Trinajstić information content (AvgIpc) is 0.748. The first-order valence-corrected chi connectivity index (χ1v) is 35.8.